The van der Waals surface area contributed by atoms with Crippen molar-refractivity contribution < 1.29 is 9.53 Å². The fourth-order valence-electron chi connectivity index (χ4n) is 2.36. The van der Waals surface area contributed by atoms with E-state index in [1.807, 2.05) is 0 Å². The zero-order valence-electron chi connectivity index (χ0n) is 10.2. The first-order valence-electron chi connectivity index (χ1n) is 6.03. The Morgan fingerprint density at radius 1 is 1.53 bits per heavy atom. The van der Waals surface area contributed by atoms with Gasteiger partial charge in [0.25, 0.3) is 0 Å². The Morgan fingerprint density at radius 3 is 2.88 bits per heavy atom. The van der Waals surface area contributed by atoms with Crippen LogP contribution in [0.2, 0.25) is 0 Å². The highest BCUT2D eigenvalue weighted by Crippen LogP contribution is 2.32. The largest absolute Gasteiger partial charge is 0.453 e. The number of amides is 1. The molecule has 1 amide bonds. The van der Waals surface area contributed by atoms with Crippen LogP contribution >= 0.6 is 11.6 Å². The molecule has 1 unspecified atom stereocenters. The monoisotopic (exact) mass is 258 g/mol. The molecule has 0 aliphatic carbocycles. The molecule has 1 rings (SSSR count). The van der Waals surface area contributed by atoms with Crippen LogP contribution in [-0.2, 0) is 4.74 Å². The molecule has 96 valence electrons. The zero-order chi connectivity index (χ0) is 12.7. The second-order valence-electron chi connectivity index (χ2n) is 4.37. The van der Waals surface area contributed by atoms with Gasteiger partial charge in [0.1, 0.15) is 5.54 Å². The molecule has 0 bridgehead atoms. The van der Waals surface area contributed by atoms with E-state index in [2.05, 4.69) is 6.07 Å². The van der Waals surface area contributed by atoms with E-state index in [0.29, 0.717) is 18.8 Å². The zero-order valence-corrected chi connectivity index (χ0v) is 11.0. The van der Waals surface area contributed by atoms with Crippen molar-refractivity contribution in [2.75, 3.05) is 19.5 Å². The number of alkyl halides is 1. The summed E-state index contributed by atoms with van der Waals surface area (Å²) in [5, 5.41) is 9.42. The predicted molar refractivity (Wildman–Crippen MR) is 65.9 cm³/mol. The van der Waals surface area contributed by atoms with Gasteiger partial charge in [-0.05, 0) is 38.5 Å². The Morgan fingerprint density at radius 2 is 2.29 bits per heavy atom. The third-order valence-corrected chi connectivity index (χ3v) is 3.58. The number of hydrogen-bond donors (Lipinski definition) is 0. The third-order valence-electron chi connectivity index (χ3n) is 3.32. The minimum Gasteiger partial charge on any atom is -0.453 e. The maximum atomic E-state index is 11.7. The lowest BCUT2D eigenvalue weighted by atomic mass is 9.84. The van der Waals surface area contributed by atoms with Crippen LogP contribution in [0.25, 0.3) is 0 Å². The highest BCUT2D eigenvalue weighted by Gasteiger charge is 2.42. The van der Waals surface area contributed by atoms with Gasteiger partial charge >= 0.3 is 6.09 Å². The first-order valence-corrected chi connectivity index (χ1v) is 6.56. The summed E-state index contributed by atoms with van der Waals surface area (Å²) < 4.78 is 4.76. The van der Waals surface area contributed by atoms with Gasteiger partial charge in [-0.2, -0.15) is 5.26 Å². The van der Waals surface area contributed by atoms with Crippen LogP contribution in [0.4, 0.5) is 4.79 Å². The molecular weight excluding hydrogens is 240 g/mol. The number of likely N-dealkylation sites (tertiary alicyclic amines) is 1. The summed E-state index contributed by atoms with van der Waals surface area (Å²) >= 11 is 5.65. The number of piperidine rings is 1. The number of unbranched alkanes of at least 4 members (excludes halogenated alkanes) is 1. The van der Waals surface area contributed by atoms with E-state index in [4.69, 9.17) is 16.3 Å². The number of methoxy groups -OCH3 is 1. The number of carbonyl (C=O) groups excluding carboxylic acids is 1. The van der Waals surface area contributed by atoms with Crippen molar-refractivity contribution in [1.82, 2.24) is 4.90 Å². The molecule has 0 aromatic heterocycles. The third kappa shape index (κ3) is 3.26. The molecule has 0 saturated carbocycles. The number of nitrogens with zero attached hydrogens (tertiary/aromatic N) is 2. The lowest BCUT2D eigenvalue weighted by Gasteiger charge is -2.41. The summed E-state index contributed by atoms with van der Waals surface area (Å²) in [6, 6.07) is 2.32. The van der Waals surface area contributed by atoms with Crippen molar-refractivity contribution in [3.05, 3.63) is 0 Å². The molecule has 0 aromatic carbocycles. The molecule has 0 spiro atoms. The van der Waals surface area contributed by atoms with Crippen molar-refractivity contribution in [2.24, 2.45) is 0 Å². The number of halogens is 1. The molecule has 1 fully saturated rings. The molecule has 0 aromatic rings. The van der Waals surface area contributed by atoms with E-state index < -0.39 is 11.6 Å². The minimum atomic E-state index is -0.683. The van der Waals surface area contributed by atoms with Crippen molar-refractivity contribution >= 4 is 17.7 Å². The van der Waals surface area contributed by atoms with Crippen molar-refractivity contribution in [3.8, 4) is 6.07 Å². The number of ether oxygens (including phenoxy) is 1. The normalized spacial score (nSPS) is 24.2. The van der Waals surface area contributed by atoms with E-state index in [-0.39, 0.29) is 0 Å². The van der Waals surface area contributed by atoms with Crippen LogP contribution in [0.3, 0.4) is 0 Å². The van der Waals surface area contributed by atoms with Crippen LogP contribution < -0.4 is 0 Å². The molecule has 5 heteroatoms. The van der Waals surface area contributed by atoms with Crippen LogP contribution in [0.1, 0.15) is 38.5 Å². The maximum Gasteiger partial charge on any atom is 0.410 e. The second kappa shape index (κ2) is 6.70. The first kappa shape index (κ1) is 14.1. The Labute approximate surface area is 107 Å². The maximum absolute atomic E-state index is 11.7. The SMILES string of the molecule is COC(=O)N1CCCCC1(C#N)CCCCCl. The number of nitriles is 1. The van der Waals surface area contributed by atoms with Gasteiger partial charge in [-0.1, -0.05) is 0 Å². The minimum absolute atomic E-state index is 0.392. The highest BCUT2D eigenvalue weighted by molar-refractivity contribution is 6.17. The van der Waals surface area contributed by atoms with E-state index >= 15 is 0 Å². The Bertz CT molecular complexity index is 303. The van der Waals surface area contributed by atoms with Crippen LogP contribution in [-0.4, -0.2) is 36.1 Å². The molecule has 1 aliphatic heterocycles. The summed E-state index contributed by atoms with van der Waals surface area (Å²) in [6.07, 6.45) is 4.70. The van der Waals surface area contributed by atoms with E-state index in [1.54, 1.807) is 4.90 Å². The number of carbonyl (C=O) groups is 1. The fraction of sp³-hybridized carbons (Fsp3) is 0.833. The highest BCUT2D eigenvalue weighted by atomic mass is 35.5. The van der Waals surface area contributed by atoms with Crippen LogP contribution in [0.15, 0.2) is 0 Å². The molecule has 1 aliphatic rings. The van der Waals surface area contributed by atoms with Gasteiger partial charge in [0, 0.05) is 12.4 Å². The average molecular weight is 259 g/mol. The van der Waals surface area contributed by atoms with Gasteiger partial charge in [-0.15, -0.1) is 11.6 Å². The van der Waals surface area contributed by atoms with Crippen molar-refractivity contribution in [2.45, 2.75) is 44.1 Å². The molecule has 0 N–H and O–H groups in total. The van der Waals surface area contributed by atoms with Crippen LogP contribution in [0, 0.1) is 11.3 Å². The Kier molecular flexibility index (Phi) is 5.57. The lowest BCUT2D eigenvalue weighted by Crippen LogP contribution is -2.53. The van der Waals surface area contributed by atoms with Gasteiger partial charge in [0.15, 0.2) is 0 Å². The van der Waals surface area contributed by atoms with Gasteiger partial charge in [-0.3, -0.25) is 4.90 Å². The summed E-state index contributed by atoms with van der Waals surface area (Å²) in [5.74, 6) is 0.597. The number of hydrogen-bond acceptors (Lipinski definition) is 3. The molecule has 0 radical (unpaired) electrons. The molecule has 17 heavy (non-hydrogen) atoms. The summed E-state index contributed by atoms with van der Waals surface area (Å²) in [5.41, 5.74) is -0.683. The van der Waals surface area contributed by atoms with Crippen LogP contribution in [0.5, 0.6) is 0 Å². The van der Waals surface area contributed by atoms with Crippen molar-refractivity contribution in [3.63, 3.8) is 0 Å². The van der Waals surface area contributed by atoms with E-state index in [9.17, 15) is 10.1 Å². The average Bonchev–Trinajstić information content (AvgIpc) is 2.38. The predicted octanol–water partition coefficient (Wildman–Crippen LogP) is 2.91. The quantitative estimate of drug-likeness (QED) is 0.575. The topological polar surface area (TPSA) is 53.3 Å². The van der Waals surface area contributed by atoms with Gasteiger partial charge < -0.3 is 4.74 Å². The molecule has 4 nitrogen and oxygen atoms in total. The van der Waals surface area contributed by atoms with E-state index in [1.165, 1.54) is 7.11 Å². The standard InChI is InChI=1S/C12H19ClN2O2/c1-17-11(16)15-9-5-3-7-12(15,10-14)6-2-4-8-13/h2-9H2,1H3. The summed E-state index contributed by atoms with van der Waals surface area (Å²) in [7, 11) is 1.36. The molecule has 1 saturated heterocycles. The molecular formula is C12H19ClN2O2. The summed E-state index contributed by atoms with van der Waals surface area (Å²) in [6.45, 7) is 0.612. The second-order valence-corrected chi connectivity index (χ2v) is 4.75. The fourth-order valence-corrected chi connectivity index (χ4v) is 2.55. The Hall–Kier alpha value is -0.950. The van der Waals surface area contributed by atoms with Gasteiger partial charge in [0.05, 0.1) is 13.2 Å². The van der Waals surface area contributed by atoms with Gasteiger partial charge in [-0.25, -0.2) is 4.79 Å². The smallest absolute Gasteiger partial charge is 0.410 e. The lowest BCUT2D eigenvalue weighted by molar-refractivity contribution is 0.0587. The van der Waals surface area contributed by atoms with Gasteiger partial charge in [0.2, 0.25) is 0 Å². The molecule has 1 atom stereocenters. The first-order chi connectivity index (χ1) is 8.20. The summed E-state index contributed by atoms with van der Waals surface area (Å²) in [4.78, 5) is 13.3. The molecule has 1 heterocycles. The number of rotatable bonds is 4. The van der Waals surface area contributed by atoms with Crippen molar-refractivity contribution in [1.29, 1.82) is 5.26 Å². The van der Waals surface area contributed by atoms with E-state index in [0.717, 1.165) is 32.1 Å². The Balaban J connectivity index is 2.76.